The van der Waals surface area contributed by atoms with Crippen molar-refractivity contribution in [2.24, 2.45) is 0 Å². The first-order chi connectivity index (χ1) is 15.2. The Morgan fingerprint density at radius 2 is 1.84 bits per heavy atom. The molecule has 164 valence electrons. The second kappa shape index (κ2) is 8.00. The van der Waals surface area contributed by atoms with Crippen LogP contribution in [0.3, 0.4) is 0 Å². The Labute approximate surface area is 179 Å². The number of methoxy groups -OCH3 is 1. The van der Waals surface area contributed by atoms with Crippen LogP contribution in [0.15, 0.2) is 59.8 Å². The van der Waals surface area contributed by atoms with Gasteiger partial charge in [-0.1, -0.05) is 12.1 Å². The van der Waals surface area contributed by atoms with Crippen LogP contribution in [0.1, 0.15) is 15.9 Å². The van der Waals surface area contributed by atoms with E-state index in [2.05, 4.69) is 9.97 Å². The van der Waals surface area contributed by atoms with Crippen molar-refractivity contribution in [3.63, 3.8) is 0 Å². The van der Waals surface area contributed by atoms with Gasteiger partial charge in [0.2, 0.25) is 5.78 Å². The lowest BCUT2D eigenvalue weighted by Gasteiger charge is -2.12. The fourth-order valence-corrected chi connectivity index (χ4v) is 4.26. The van der Waals surface area contributed by atoms with Crippen LogP contribution >= 0.6 is 0 Å². The molecule has 0 amide bonds. The van der Waals surface area contributed by atoms with Gasteiger partial charge in [-0.25, -0.2) is 26.6 Å². The van der Waals surface area contributed by atoms with Crippen LogP contribution in [0.4, 0.5) is 18.9 Å². The summed E-state index contributed by atoms with van der Waals surface area (Å²) in [5, 5.41) is 0.255. The number of carbonyl (C=O) groups excluding carboxylic acids is 1. The molecule has 7 nitrogen and oxygen atoms in total. The fraction of sp³-hybridized carbons (Fsp3) is 0.0476. The molecule has 4 rings (SSSR count). The highest BCUT2D eigenvalue weighted by atomic mass is 32.2. The minimum Gasteiger partial charge on any atom is -0.495 e. The summed E-state index contributed by atoms with van der Waals surface area (Å²) in [6, 6.07) is 7.48. The predicted octanol–water partition coefficient (Wildman–Crippen LogP) is 4.02. The Hall–Kier alpha value is -3.86. The van der Waals surface area contributed by atoms with E-state index in [-0.39, 0.29) is 16.6 Å². The molecular weight excluding hydrogens is 447 g/mol. The van der Waals surface area contributed by atoms with Gasteiger partial charge in [0.1, 0.15) is 27.9 Å². The van der Waals surface area contributed by atoms with Gasteiger partial charge in [-0.15, -0.1) is 0 Å². The third-order valence-electron chi connectivity index (χ3n) is 4.67. The van der Waals surface area contributed by atoms with Crippen molar-refractivity contribution in [2.75, 3.05) is 11.8 Å². The molecule has 11 heteroatoms. The SMILES string of the molecule is COc1cnc2[nH]cc(C(=O)c3c(F)ccc(NS(=O)(=O)c4ccccc4F)c3F)c2c1. The van der Waals surface area contributed by atoms with Gasteiger partial charge in [-0.05, 0) is 30.3 Å². The number of anilines is 1. The monoisotopic (exact) mass is 461 g/mol. The molecule has 0 radical (unpaired) electrons. The van der Waals surface area contributed by atoms with Crippen LogP contribution in [0.2, 0.25) is 0 Å². The van der Waals surface area contributed by atoms with Crippen molar-refractivity contribution in [1.82, 2.24) is 9.97 Å². The molecule has 0 saturated carbocycles. The standard InChI is InChI=1S/C21H14F3N3O4S/c1-31-11-8-12-13(10-26-21(12)25-9-11)20(28)18-15(23)6-7-16(19(18)24)27-32(29,30)17-5-3-2-4-14(17)22/h2-10,27H,1H3,(H,25,26). The molecule has 0 unspecified atom stereocenters. The van der Waals surface area contributed by atoms with Crippen molar-refractivity contribution in [1.29, 1.82) is 0 Å². The van der Waals surface area contributed by atoms with Gasteiger partial charge in [0.15, 0.2) is 5.82 Å². The number of rotatable bonds is 6. The Morgan fingerprint density at radius 3 is 2.56 bits per heavy atom. The third kappa shape index (κ3) is 3.66. The summed E-state index contributed by atoms with van der Waals surface area (Å²) in [7, 11) is -3.16. The lowest BCUT2D eigenvalue weighted by molar-refractivity contribution is 0.103. The molecular formula is C21H14F3N3O4S. The normalized spacial score (nSPS) is 11.5. The van der Waals surface area contributed by atoms with E-state index in [1.165, 1.54) is 37.7 Å². The summed E-state index contributed by atoms with van der Waals surface area (Å²) in [6.45, 7) is 0. The smallest absolute Gasteiger partial charge is 0.264 e. The zero-order valence-corrected chi connectivity index (χ0v) is 17.1. The Morgan fingerprint density at radius 1 is 1.09 bits per heavy atom. The zero-order chi connectivity index (χ0) is 23.0. The Bertz CT molecular complexity index is 1470. The Kier molecular flexibility index (Phi) is 5.35. The van der Waals surface area contributed by atoms with Gasteiger partial charge in [-0.3, -0.25) is 9.52 Å². The highest BCUT2D eigenvalue weighted by molar-refractivity contribution is 7.92. The number of hydrogen-bond acceptors (Lipinski definition) is 5. The van der Waals surface area contributed by atoms with E-state index in [9.17, 15) is 22.0 Å². The van der Waals surface area contributed by atoms with E-state index in [1.54, 1.807) is 0 Å². The number of carbonyl (C=O) groups is 1. The number of benzene rings is 2. The molecule has 0 aliphatic rings. The van der Waals surface area contributed by atoms with Crippen LogP contribution in [-0.2, 0) is 10.0 Å². The fourth-order valence-electron chi connectivity index (χ4n) is 3.12. The summed E-state index contributed by atoms with van der Waals surface area (Å²) in [4.78, 5) is 19.0. The van der Waals surface area contributed by atoms with Crippen molar-refractivity contribution in [2.45, 2.75) is 4.90 Å². The second-order valence-electron chi connectivity index (χ2n) is 6.62. The van der Waals surface area contributed by atoms with Crippen LogP contribution in [-0.4, -0.2) is 31.3 Å². The number of aromatic nitrogens is 2. The van der Waals surface area contributed by atoms with Crippen LogP contribution in [0.25, 0.3) is 11.0 Å². The second-order valence-corrected chi connectivity index (χ2v) is 8.27. The summed E-state index contributed by atoms with van der Waals surface area (Å²) < 4.78 is 75.4. The average Bonchev–Trinajstić information content (AvgIpc) is 3.19. The number of pyridine rings is 1. The lowest BCUT2D eigenvalue weighted by Crippen LogP contribution is -2.17. The summed E-state index contributed by atoms with van der Waals surface area (Å²) in [5.74, 6) is -4.43. The summed E-state index contributed by atoms with van der Waals surface area (Å²) in [6.07, 6.45) is 2.63. The maximum atomic E-state index is 15.1. The molecule has 0 aliphatic heterocycles. The molecule has 0 atom stereocenters. The van der Waals surface area contributed by atoms with E-state index in [1.807, 2.05) is 4.72 Å². The molecule has 32 heavy (non-hydrogen) atoms. The molecule has 0 aliphatic carbocycles. The van der Waals surface area contributed by atoms with Gasteiger partial charge in [0.05, 0.1) is 24.6 Å². The van der Waals surface area contributed by atoms with Crippen molar-refractivity contribution in [3.05, 3.63) is 83.4 Å². The number of hydrogen-bond donors (Lipinski definition) is 2. The van der Waals surface area contributed by atoms with Crippen molar-refractivity contribution in [3.8, 4) is 5.75 Å². The zero-order valence-electron chi connectivity index (χ0n) is 16.3. The molecule has 0 fully saturated rings. The molecule has 0 saturated heterocycles. The molecule has 2 N–H and O–H groups in total. The number of aromatic amines is 1. The number of halogens is 3. The largest absolute Gasteiger partial charge is 0.495 e. The third-order valence-corrected chi connectivity index (χ3v) is 6.07. The molecule has 4 aromatic rings. The van der Waals surface area contributed by atoms with E-state index in [4.69, 9.17) is 4.74 Å². The number of nitrogens with zero attached hydrogens (tertiary/aromatic N) is 1. The topological polar surface area (TPSA) is 101 Å². The number of sulfonamides is 1. The van der Waals surface area contributed by atoms with Crippen LogP contribution in [0, 0.1) is 17.5 Å². The average molecular weight is 461 g/mol. The quantitative estimate of drug-likeness (QED) is 0.423. The first-order valence-electron chi connectivity index (χ1n) is 9.04. The van der Waals surface area contributed by atoms with Gasteiger partial charge in [0.25, 0.3) is 10.0 Å². The molecule has 2 heterocycles. The minimum absolute atomic E-state index is 0.0988. The van der Waals surface area contributed by atoms with Crippen molar-refractivity contribution < 1.29 is 31.1 Å². The van der Waals surface area contributed by atoms with Gasteiger partial charge < -0.3 is 9.72 Å². The van der Waals surface area contributed by atoms with Crippen molar-refractivity contribution >= 4 is 32.5 Å². The highest BCUT2D eigenvalue weighted by Crippen LogP contribution is 2.29. The van der Waals surface area contributed by atoms with Gasteiger partial charge in [0, 0.05) is 17.1 Å². The lowest BCUT2D eigenvalue weighted by atomic mass is 10.0. The number of fused-ring (bicyclic) bond motifs is 1. The highest BCUT2D eigenvalue weighted by Gasteiger charge is 2.27. The van der Waals surface area contributed by atoms with Gasteiger partial charge >= 0.3 is 0 Å². The molecule has 0 spiro atoms. The summed E-state index contributed by atoms with van der Waals surface area (Å²) in [5.41, 5.74) is -1.51. The van der Waals surface area contributed by atoms with Crippen LogP contribution in [0.5, 0.6) is 5.75 Å². The van der Waals surface area contributed by atoms with E-state index in [0.29, 0.717) is 5.75 Å². The molecule has 0 bridgehead atoms. The first-order valence-corrected chi connectivity index (χ1v) is 10.5. The summed E-state index contributed by atoms with van der Waals surface area (Å²) >= 11 is 0. The predicted molar refractivity (Wildman–Crippen MR) is 110 cm³/mol. The maximum absolute atomic E-state index is 15.1. The number of ether oxygens (including phenoxy) is 1. The maximum Gasteiger partial charge on any atom is 0.264 e. The first kappa shape index (κ1) is 21.4. The van der Waals surface area contributed by atoms with Crippen LogP contribution < -0.4 is 9.46 Å². The minimum atomic E-state index is -4.55. The number of H-pyrrole nitrogens is 1. The Balaban J connectivity index is 1.78. The van der Waals surface area contributed by atoms with E-state index < -0.39 is 49.4 Å². The number of ketones is 1. The van der Waals surface area contributed by atoms with E-state index >= 15 is 4.39 Å². The molecule has 2 aromatic carbocycles. The van der Waals surface area contributed by atoms with Gasteiger partial charge in [-0.2, -0.15) is 0 Å². The van der Waals surface area contributed by atoms with E-state index in [0.717, 1.165) is 24.3 Å². The number of nitrogens with one attached hydrogen (secondary N) is 2. The molecule has 2 aromatic heterocycles.